The van der Waals surface area contributed by atoms with Crippen LogP contribution < -0.4 is 0 Å². The molecule has 1 aromatic heterocycles. The molecular formula is C13H12ClNS. The molecular weight excluding hydrogens is 238 g/mol. The van der Waals surface area contributed by atoms with Crippen LogP contribution >= 0.6 is 23.4 Å². The van der Waals surface area contributed by atoms with E-state index in [4.69, 9.17) is 11.6 Å². The summed E-state index contributed by atoms with van der Waals surface area (Å²) in [5.41, 5.74) is 2.67. The Hall–Kier alpha value is -0.990. The van der Waals surface area contributed by atoms with Crippen molar-refractivity contribution < 1.29 is 0 Å². The average Bonchev–Trinajstić information content (AvgIpc) is 2.30. The van der Waals surface area contributed by atoms with Crippen molar-refractivity contribution in [1.82, 2.24) is 4.98 Å². The molecule has 0 unspecified atom stereocenters. The lowest BCUT2D eigenvalue weighted by Gasteiger charge is -2.04. The van der Waals surface area contributed by atoms with Gasteiger partial charge in [-0.2, -0.15) is 0 Å². The highest BCUT2D eigenvalue weighted by Gasteiger charge is 2.00. The maximum absolute atomic E-state index is 5.78. The van der Waals surface area contributed by atoms with Crippen LogP contribution in [0.5, 0.6) is 0 Å². The Balaban J connectivity index is 2.02. The van der Waals surface area contributed by atoms with Crippen molar-refractivity contribution in [2.75, 3.05) is 0 Å². The summed E-state index contributed by atoms with van der Waals surface area (Å²) in [4.78, 5) is 4.25. The predicted octanol–water partition coefficient (Wildman–Crippen LogP) is 4.34. The van der Waals surface area contributed by atoms with Gasteiger partial charge in [-0.25, -0.2) is 4.98 Å². The van der Waals surface area contributed by atoms with Gasteiger partial charge in [0.25, 0.3) is 0 Å². The lowest BCUT2D eigenvalue weighted by Crippen LogP contribution is -1.86. The fraction of sp³-hybridized carbons (Fsp3) is 0.154. The third-order valence-electron chi connectivity index (χ3n) is 2.34. The number of aryl methyl sites for hydroxylation is 1. The zero-order valence-corrected chi connectivity index (χ0v) is 10.6. The maximum atomic E-state index is 5.78. The van der Waals surface area contributed by atoms with Crippen LogP contribution in [0.1, 0.15) is 11.1 Å². The SMILES string of the molecule is Cc1ccccc1CSc1ccc(Cl)cn1. The molecule has 16 heavy (non-hydrogen) atoms. The number of thioether (sulfide) groups is 1. The number of rotatable bonds is 3. The first kappa shape index (κ1) is 11.5. The van der Waals surface area contributed by atoms with Crippen LogP contribution in [0.15, 0.2) is 47.6 Å². The number of nitrogens with zero attached hydrogens (tertiary/aromatic N) is 1. The monoisotopic (exact) mass is 249 g/mol. The molecule has 1 aromatic carbocycles. The van der Waals surface area contributed by atoms with Crippen LogP contribution in [0.2, 0.25) is 5.02 Å². The van der Waals surface area contributed by atoms with E-state index in [0.717, 1.165) is 10.8 Å². The summed E-state index contributed by atoms with van der Waals surface area (Å²) in [6.45, 7) is 2.13. The van der Waals surface area contributed by atoms with Crippen LogP contribution in [-0.2, 0) is 5.75 Å². The largest absolute Gasteiger partial charge is 0.248 e. The van der Waals surface area contributed by atoms with Crippen LogP contribution in [0.4, 0.5) is 0 Å². The minimum atomic E-state index is 0.681. The van der Waals surface area contributed by atoms with Gasteiger partial charge in [-0.15, -0.1) is 11.8 Å². The number of benzene rings is 1. The van der Waals surface area contributed by atoms with E-state index < -0.39 is 0 Å². The van der Waals surface area contributed by atoms with Crippen molar-refractivity contribution in [3.8, 4) is 0 Å². The Morgan fingerprint density at radius 3 is 2.69 bits per heavy atom. The first-order valence-electron chi connectivity index (χ1n) is 5.04. The highest BCUT2D eigenvalue weighted by Crippen LogP contribution is 2.23. The molecule has 2 aromatic rings. The lowest BCUT2D eigenvalue weighted by atomic mass is 10.1. The molecule has 0 fully saturated rings. The Morgan fingerprint density at radius 1 is 1.19 bits per heavy atom. The molecule has 1 nitrogen and oxygen atoms in total. The van der Waals surface area contributed by atoms with E-state index in [1.807, 2.05) is 12.1 Å². The summed E-state index contributed by atoms with van der Waals surface area (Å²) >= 11 is 7.51. The minimum Gasteiger partial charge on any atom is -0.248 e. The molecule has 82 valence electrons. The topological polar surface area (TPSA) is 12.9 Å². The zero-order chi connectivity index (χ0) is 11.4. The molecule has 0 N–H and O–H groups in total. The van der Waals surface area contributed by atoms with Crippen LogP contribution in [0.3, 0.4) is 0 Å². The fourth-order valence-electron chi connectivity index (χ4n) is 1.37. The average molecular weight is 250 g/mol. The second-order valence-corrected chi connectivity index (χ2v) is 4.96. The van der Waals surface area contributed by atoms with E-state index >= 15 is 0 Å². The normalized spacial score (nSPS) is 10.4. The van der Waals surface area contributed by atoms with Crippen LogP contribution in [0, 0.1) is 6.92 Å². The van der Waals surface area contributed by atoms with E-state index in [1.165, 1.54) is 11.1 Å². The van der Waals surface area contributed by atoms with Crippen LogP contribution in [0.25, 0.3) is 0 Å². The molecule has 0 saturated heterocycles. The van der Waals surface area contributed by atoms with Gasteiger partial charge in [-0.05, 0) is 30.2 Å². The first-order valence-corrected chi connectivity index (χ1v) is 6.41. The molecule has 0 aliphatic rings. The Labute approximate surface area is 105 Å². The second-order valence-electron chi connectivity index (χ2n) is 3.53. The summed E-state index contributed by atoms with van der Waals surface area (Å²) in [7, 11) is 0. The summed E-state index contributed by atoms with van der Waals surface area (Å²) in [6, 6.07) is 12.2. The molecule has 0 aliphatic heterocycles. The Bertz CT molecular complexity index is 468. The summed E-state index contributed by atoms with van der Waals surface area (Å²) < 4.78 is 0. The van der Waals surface area contributed by atoms with E-state index in [9.17, 15) is 0 Å². The molecule has 0 radical (unpaired) electrons. The number of halogens is 1. The molecule has 0 amide bonds. The number of aromatic nitrogens is 1. The molecule has 3 heteroatoms. The maximum Gasteiger partial charge on any atom is 0.0964 e. The highest BCUT2D eigenvalue weighted by molar-refractivity contribution is 7.98. The third kappa shape index (κ3) is 3.00. The van der Waals surface area contributed by atoms with Crippen molar-refractivity contribution in [1.29, 1.82) is 0 Å². The van der Waals surface area contributed by atoms with Gasteiger partial charge in [0.2, 0.25) is 0 Å². The number of hydrogen-bond acceptors (Lipinski definition) is 2. The van der Waals surface area contributed by atoms with Gasteiger partial charge < -0.3 is 0 Å². The molecule has 0 aliphatic carbocycles. The molecule has 0 atom stereocenters. The summed E-state index contributed by atoms with van der Waals surface area (Å²) in [6.07, 6.45) is 1.68. The molecule has 0 saturated carbocycles. The predicted molar refractivity (Wildman–Crippen MR) is 70.0 cm³/mol. The van der Waals surface area contributed by atoms with Crippen LogP contribution in [-0.4, -0.2) is 4.98 Å². The van der Waals surface area contributed by atoms with Gasteiger partial charge >= 0.3 is 0 Å². The van der Waals surface area contributed by atoms with Crippen molar-refractivity contribution in [2.24, 2.45) is 0 Å². The fourth-order valence-corrected chi connectivity index (χ4v) is 2.40. The van der Waals surface area contributed by atoms with Crippen molar-refractivity contribution >= 4 is 23.4 Å². The summed E-state index contributed by atoms with van der Waals surface area (Å²) in [5.74, 6) is 0.946. The van der Waals surface area contributed by atoms with E-state index in [-0.39, 0.29) is 0 Å². The smallest absolute Gasteiger partial charge is 0.0964 e. The lowest BCUT2D eigenvalue weighted by molar-refractivity contribution is 1.13. The minimum absolute atomic E-state index is 0.681. The standard InChI is InChI=1S/C13H12ClNS/c1-10-4-2-3-5-11(10)9-16-13-7-6-12(14)8-15-13/h2-8H,9H2,1H3. The molecule has 0 spiro atoms. The van der Waals surface area contributed by atoms with Gasteiger partial charge in [0.1, 0.15) is 0 Å². The van der Waals surface area contributed by atoms with Gasteiger partial charge in [-0.1, -0.05) is 35.9 Å². The van der Waals surface area contributed by atoms with Gasteiger partial charge in [0, 0.05) is 11.9 Å². The third-order valence-corrected chi connectivity index (χ3v) is 3.55. The Morgan fingerprint density at radius 2 is 2.00 bits per heavy atom. The second kappa shape index (κ2) is 5.37. The van der Waals surface area contributed by atoms with Crippen molar-refractivity contribution in [3.63, 3.8) is 0 Å². The molecule has 0 bridgehead atoms. The van der Waals surface area contributed by atoms with Crippen molar-refractivity contribution in [3.05, 3.63) is 58.7 Å². The van der Waals surface area contributed by atoms with E-state index in [2.05, 4.69) is 36.2 Å². The molecule has 1 heterocycles. The van der Waals surface area contributed by atoms with E-state index in [0.29, 0.717) is 5.02 Å². The van der Waals surface area contributed by atoms with Gasteiger partial charge in [-0.3, -0.25) is 0 Å². The number of pyridine rings is 1. The summed E-state index contributed by atoms with van der Waals surface area (Å²) in [5, 5.41) is 1.69. The highest BCUT2D eigenvalue weighted by atomic mass is 35.5. The van der Waals surface area contributed by atoms with Crippen molar-refractivity contribution in [2.45, 2.75) is 17.7 Å². The molecule has 2 rings (SSSR count). The van der Waals surface area contributed by atoms with E-state index in [1.54, 1.807) is 18.0 Å². The van der Waals surface area contributed by atoms with Gasteiger partial charge in [0.05, 0.1) is 10.0 Å². The Kier molecular flexibility index (Phi) is 3.86. The zero-order valence-electron chi connectivity index (χ0n) is 8.98. The first-order chi connectivity index (χ1) is 7.75. The number of hydrogen-bond donors (Lipinski definition) is 0. The van der Waals surface area contributed by atoms with Gasteiger partial charge in [0.15, 0.2) is 0 Å². The quantitative estimate of drug-likeness (QED) is 0.751.